The van der Waals surface area contributed by atoms with E-state index in [1.54, 1.807) is 0 Å². The molecule has 21 heavy (non-hydrogen) atoms. The van der Waals surface area contributed by atoms with Crippen LogP contribution in [0.2, 0.25) is 0 Å². The SMILES string of the molecule is CCc1cccc(NC(N)=NCc2ccccc2C)c1.I. The van der Waals surface area contributed by atoms with Crippen LogP contribution in [0.25, 0.3) is 0 Å². The Balaban J connectivity index is 0.00000220. The Kier molecular flexibility index (Phi) is 7.22. The van der Waals surface area contributed by atoms with E-state index in [0.29, 0.717) is 12.5 Å². The third-order valence-electron chi connectivity index (χ3n) is 3.29. The minimum atomic E-state index is 0. The van der Waals surface area contributed by atoms with Gasteiger partial charge in [0.15, 0.2) is 5.96 Å². The highest BCUT2D eigenvalue weighted by atomic mass is 127. The largest absolute Gasteiger partial charge is 0.370 e. The van der Waals surface area contributed by atoms with Crippen LogP contribution in [0.3, 0.4) is 0 Å². The number of aliphatic imine (C=N–C) groups is 1. The summed E-state index contributed by atoms with van der Waals surface area (Å²) in [5.74, 6) is 0.446. The number of rotatable bonds is 4. The van der Waals surface area contributed by atoms with Gasteiger partial charge in [-0.3, -0.25) is 0 Å². The molecule has 3 N–H and O–H groups in total. The van der Waals surface area contributed by atoms with Crippen molar-refractivity contribution in [3.05, 3.63) is 65.2 Å². The fourth-order valence-electron chi connectivity index (χ4n) is 2.01. The quantitative estimate of drug-likeness (QED) is 0.465. The molecule has 3 nitrogen and oxygen atoms in total. The fraction of sp³-hybridized carbons (Fsp3) is 0.235. The average Bonchev–Trinajstić information content (AvgIpc) is 2.46. The Morgan fingerprint density at radius 2 is 1.90 bits per heavy atom. The van der Waals surface area contributed by atoms with Gasteiger partial charge in [-0.05, 0) is 42.2 Å². The van der Waals surface area contributed by atoms with Crippen LogP contribution in [-0.2, 0) is 13.0 Å². The Morgan fingerprint density at radius 3 is 2.62 bits per heavy atom. The van der Waals surface area contributed by atoms with Gasteiger partial charge < -0.3 is 11.1 Å². The van der Waals surface area contributed by atoms with E-state index in [1.807, 2.05) is 24.3 Å². The van der Waals surface area contributed by atoms with Gasteiger partial charge in [-0.2, -0.15) is 0 Å². The van der Waals surface area contributed by atoms with Gasteiger partial charge in [0.05, 0.1) is 6.54 Å². The van der Waals surface area contributed by atoms with Crippen LogP contribution in [0.4, 0.5) is 5.69 Å². The highest BCUT2D eigenvalue weighted by Gasteiger charge is 1.98. The predicted molar refractivity (Wildman–Crippen MR) is 101 cm³/mol. The van der Waals surface area contributed by atoms with Gasteiger partial charge in [-0.15, -0.1) is 24.0 Å². The van der Waals surface area contributed by atoms with E-state index in [4.69, 9.17) is 5.73 Å². The Morgan fingerprint density at radius 1 is 1.14 bits per heavy atom. The molecule has 0 aromatic heterocycles. The molecule has 0 amide bonds. The second-order valence-corrected chi connectivity index (χ2v) is 4.81. The number of benzene rings is 2. The summed E-state index contributed by atoms with van der Waals surface area (Å²) >= 11 is 0. The molecule has 0 atom stereocenters. The van der Waals surface area contributed by atoms with Crippen molar-refractivity contribution < 1.29 is 0 Å². The van der Waals surface area contributed by atoms with Crippen LogP contribution in [0, 0.1) is 6.92 Å². The molecule has 0 unspecified atom stereocenters. The molecule has 2 aromatic carbocycles. The summed E-state index contributed by atoms with van der Waals surface area (Å²) in [6, 6.07) is 16.4. The smallest absolute Gasteiger partial charge is 0.193 e. The fourth-order valence-corrected chi connectivity index (χ4v) is 2.01. The summed E-state index contributed by atoms with van der Waals surface area (Å²) in [5.41, 5.74) is 10.6. The molecule has 0 fully saturated rings. The van der Waals surface area contributed by atoms with Crippen molar-refractivity contribution in [3.63, 3.8) is 0 Å². The van der Waals surface area contributed by atoms with E-state index in [9.17, 15) is 0 Å². The number of halogens is 1. The highest BCUT2D eigenvalue weighted by molar-refractivity contribution is 14.0. The summed E-state index contributed by atoms with van der Waals surface area (Å²) in [7, 11) is 0. The molecule has 0 aliphatic carbocycles. The first-order valence-corrected chi connectivity index (χ1v) is 6.89. The minimum absolute atomic E-state index is 0. The zero-order valence-electron chi connectivity index (χ0n) is 12.5. The van der Waals surface area contributed by atoms with Crippen molar-refractivity contribution in [1.82, 2.24) is 0 Å². The lowest BCUT2D eigenvalue weighted by Crippen LogP contribution is -2.22. The standard InChI is InChI=1S/C17H21N3.HI/c1-3-14-8-6-10-16(11-14)20-17(18)19-12-15-9-5-4-7-13(15)2;/h4-11H,3,12H2,1-2H3,(H3,18,19,20);1H. The van der Waals surface area contributed by atoms with Gasteiger partial charge in [0, 0.05) is 5.69 Å². The molecule has 2 rings (SSSR count). The van der Waals surface area contributed by atoms with Crippen molar-refractivity contribution >= 4 is 35.6 Å². The van der Waals surface area contributed by atoms with E-state index in [0.717, 1.165) is 12.1 Å². The van der Waals surface area contributed by atoms with Gasteiger partial charge in [-0.1, -0.05) is 43.3 Å². The van der Waals surface area contributed by atoms with Gasteiger partial charge >= 0.3 is 0 Å². The molecule has 4 heteroatoms. The Hall–Kier alpha value is -1.56. The topological polar surface area (TPSA) is 50.4 Å². The third-order valence-corrected chi connectivity index (χ3v) is 3.29. The number of hydrogen-bond donors (Lipinski definition) is 2. The second kappa shape index (κ2) is 8.67. The summed E-state index contributed by atoms with van der Waals surface area (Å²) in [5, 5.41) is 3.13. The van der Waals surface area contributed by atoms with Crippen LogP contribution in [0.15, 0.2) is 53.5 Å². The zero-order chi connectivity index (χ0) is 14.4. The molecular formula is C17H22IN3. The summed E-state index contributed by atoms with van der Waals surface area (Å²) in [6.07, 6.45) is 1.01. The van der Waals surface area contributed by atoms with Crippen molar-refractivity contribution in [1.29, 1.82) is 0 Å². The van der Waals surface area contributed by atoms with Crippen LogP contribution >= 0.6 is 24.0 Å². The molecule has 0 aliphatic rings. The minimum Gasteiger partial charge on any atom is -0.370 e. The maximum atomic E-state index is 5.93. The van der Waals surface area contributed by atoms with E-state index in [1.165, 1.54) is 16.7 Å². The number of guanidine groups is 1. The first-order valence-electron chi connectivity index (χ1n) is 6.89. The van der Waals surface area contributed by atoms with Gasteiger partial charge in [0.2, 0.25) is 0 Å². The molecule has 112 valence electrons. The lowest BCUT2D eigenvalue weighted by Gasteiger charge is -2.08. The van der Waals surface area contributed by atoms with E-state index < -0.39 is 0 Å². The predicted octanol–water partition coefficient (Wildman–Crippen LogP) is 4.10. The van der Waals surface area contributed by atoms with Crippen LogP contribution < -0.4 is 11.1 Å². The molecule has 0 bridgehead atoms. The number of nitrogens with zero attached hydrogens (tertiary/aromatic N) is 1. The Bertz CT molecular complexity index is 608. The molecule has 0 heterocycles. The summed E-state index contributed by atoms with van der Waals surface area (Å²) < 4.78 is 0. The molecule has 0 radical (unpaired) electrons. The molecular weight excluding hydrogens is 373 g/mol. The lowest BCUT2D eigenvalue weighted by molar-refractivity contribution is 1.04. The molecule has 0 saturated heterocycles. The van der Waals surface area contributed by atoms with Crippen LogP contribution in [0.1, 0.15) is 23.6 Å². The number of anilines is 1. The summed E-state index contributed by atoms with van der Waals surface area (Å²) in [4.78, 5) is 4.39. The van der Waals surface area contributed by atoms with Crippen molar-refractivity contribution in [2.24, 2.45) is 10.7 Å². The normalized spacial score (nSPS) is 10.9. The van der Waals surface area contributed by atoms with Gasteiger partial charge in [-0.25, -0.2) is 4.99 Å². The monoisotopic (exact) mass is 395 g/mol. The van der Waals surface area contributed by atoms with Gasteiger partial charge in [0.25, 0.3) is 0 Å². The van der Waals surface area contributed by atoms with Crippen LogP contribution in [0.5, 0.6) is 0 Å². The maximum absolute atomic E-state index is 5.93. The number of nitrogens with two attached hydrogens (primary N) is 1. The van der Waals surface area contributed by atoms with Crippen molar-refractivity contribution in [2.75, 3.05) is 5.32 Å². The van der Waals surface area contributed by atoms with E-state index in [-0.39, 0.29) is 24.0 Å². The third kappa shape index (κ3) is 5.38. The lowest BCUT2D eigenvalue weighted by atomic mass is 10.1. The zero-order valence-corrected chi connectivity index (χ0v) is 14.8. The van der Waals surface area contributed by atoms with Crippen molar-refractivity contribution in [2.45, 2.75) is 26.8 Å². The molecule has 0 aliphatic heterocycles. The number of nitrogens with one attached hydrogen (secondary N) is 1. The molecule has 0 spiro atoms. The van der Waals surface area contributed by atoms with E-state index in [2.05, 4.69) is 48.4 Å². The van der Waals surface area contributed by atoms with Crippen LogP contribution in [-0.4, -0.2) is 5.96 Å². The first kappa shape index (κ1) is 17.5. The Labute approximate surface area is 143 Å². The number of aryl methyl sites for hydroxylation is 2. The van der Waals surface area contributed by atoms with E-state index >= 15 is 0 Å². The molecule has 0 saturated carbocycles. The van der Waals surface area contributed by atoms with Gasteiger partial charge in [0.1, 0.15) is 0 Å². The highest BCUT2D eigenvalue weighted by Crippen LogP contribution is 2.11. The molecule has 2 aromatic rings. The first-order chi connectivity index (χ1) is 9.69. The maximum Gasteiger partial charge on any atom is 0.193 e. The number of hydrogen-bond acceptors (Lipinski definition) is 1. The average molecular weight is 395 g/mol. The van der Waals surface area contributed by atoms with Crippen molar-refractivity contribution in [3.8, 4) is 0 Å². The summed E-state index contributed by atoms with van der Waals surface area (Å²) in [6.45, 7) is 4.81. The second-order valence-electron chi connectivity index (χ2n) is 4.81.